The maximum Gasteiger partial charge on any atom is 0.247 e. The highest BCUT2D eigenvalue weighted by Gasteiger charge is 2.24. The Morgan fingerprint density at radius 2 is 2.05 bits per heavy atom. The monoisotopic (exact) mass is 531 g/mol. The Morgan fingerprint density at radius 1 is 1.18 bits per heavy atom. The van der Waals surface area contributed by atoms with Crippen molar-refractivity contribution in [1.82, 2.24) is 24.8 Å². The molecule has 1 amide bonds. The predicted molar refractivity (Wildman–Crippen MR) is 147 cm³/mol. The summed E-state index contributed by atoms with van der Waals surface area (Å²) in [5.41, 5.74) is 2.99. The molecule has 0 spiro atoms. The van der Waals surface area contributed by atoms with Crippen LogP contribution in [0.15, 0.2) is 61.7 Å². The second-order valence-electron chi connectivity index (χ2n) is 8.84. The van der Waals surface area contributed by atoms with Crippen LogP contribution < -0.4 is 20.1 Å². The number of halogens is 1. The van der Waals surface area contributed by atoms with Gasteiger partial charge in [0.25, 0.3) is 0 Å². The highest BCUT2D eigenvalue weighted by molar-refractivity contribution is 6.30. The van der Waals surface area contributed by atoms with Crippen LogP contribution in [-0.4, -0.2) is 64.1 Å². The summed E-state index contributed by atoms with van der Waals surface area (Å²) in [5.74, 6) is 0.953. The fraction of sp³-hybridized carbons (Fsp3) is 0.222. The van der Waals surface area contributed by atoms with Crippen molar-refractivity contribution in [1.29, 1.82) is 0 Å². The van der Waals surface area contributed by atoms with Crippen LogP contribution in [0.4, 0.5) is 17.3 Å². The summed E-state index contributed by atoms with van der Waals surface area (Å²) in [7, 11) is 3.61. The van der Waals surface area contributed by atoms with Gasteiger partial charge in [0.1, 0.15) is 23.1 Å². The lowest BCUT2D eigenvalue weighted by Gasteiger charge is -2.20. The molecular weight excluding hydrogens is 506 g/mol. The Hall–Kier alpha value is -4.28. The fourth-order valence-corrected chi connectivity index (χ4v) is 4.44. The number of rotatable bonds is 8. The molecule has 3 aromatic heterocycles. The van der Waals surface area contributed by atoms with Crippen LogP contribution in [0, 0.1) is 0 Å². The average Bonchev–Trinajstić information content (AvgIpc) is 3.33. The van der Waals surface area contributed by atoms with E-state index >= 15 is 0 Å². The van der Waals surface area contributed by atoms with E-state index < -0.39 is 0 Å². The lowest BCUT2D eigenvalue weighted by Crippen LogP contribution is -2.22. The van der Waals surface area contributed by atoms with E-state index in [4.69, 9.17) is 26.1 Å². The van der Waals surface area contributed by atoms with E-state index in [1.807, 2.05) is 13.1 Å². The molecule has 1 atom stereocenters. The Balaban J connectivity index is 1.52. The molecule has 4 aromatic rings. The van der Waals surface area contributed by atoms with Crippen LogP contribution in [0.1, 0.15) is 6.42 Å². The van der Waals surface area contributed by atoms with Crippen molar-refractivity contribution in [3.63, 3.8) is 0 Å². The molecule has 1 aromatic carbocycles. The molecular formula is C27H26ClN7O3. The van der Waals surface area contributed by atoms with Crippen LogP contribution in [0.3, 0.4) is 0 Å². The third-order valence-corrected chi connectivity index (χ3v) is 6.32. The predicted octanol–water partition coefficient (Wildman–Crippen LogP) is 4.70. The van der Waals surface area contributed by atoms with Crippen molar-refractivity contribution in [2.75, 3.05) is 37.9 Å². The molecule has 10 nitrogen and oxygen atoms in total. The van der Waals surface area contributed by atoms with E-state index in [1.165, 1.54) is 6.08 Å². The summed E-state index contributed by atoms with van der Waals surface area (Å²) < 4.78 is 11.9. The molecule has 1 aliphatic rings. The number of hydrogen-bond acceptors (Lipinski definition) is 9. The fourth-order valence-electron chi connectivity index (χ4n) is 4.27. The number of likely N-dealkylation sites (tertiary alicyclic amines) is 1. The smallest absolute Gasteiger partial charge is 0.247 e. The Bertz CT molecular complexity index is 1510. The molecule has 2 N–H and O–H groups in total. The van der Waals surface area contributed by atoms with Gasteiger partial charge in [-0.15, -0.1) is 0 Å². The summed E-state index contributed by atoms with van der Waals surface area (Å²) in [6.45, 7) is 5.29. The van der Waals surface area contributed by atoms with Crippen molar-refractivity contribution in [3.8, 4) is 22.8 Å². The van der Waals surface area contributed by atoms with Crippen molar-refractivity contribution < 1.29 is 14.3 Å². The second-order valence-corrected chi connectivity index (χ2v) is 9.28. The van der Waals surface area contributed by atoms with Gasteiger partial charge in [-0.25, -0.2) is 9.97 Å². The molecule has 1 unspecified atom stereocenters. The van der Waals surface area contributed by atoms with E-state index in [-0.39, 0.29) is 12.0 Å². The van der Waals surface area contributed by atoms with Gasteiger partial charge in [0.05, 0.1) is 29.2 Å². The van der Waals surface area contributed by atoms with E-state index in [1.54, 1.807) is 50.1 Å². The van der Waals surface area contributed by atoms with Crippen molar-refractivity contribution in [3.05, 3.63) is 66.7 Å². The molecule has 194 valence electrons. The van der Waals surface area contributed by atoms with E-state index in [0.717, 1.165) is 30.5 Å². The number of benzene rings is 1. The van der Waals surface area contributed by atoms with Gasteiger partial charge in [0.15, 0.2) is 0 Å². The first-order chi connectivity index (χ1) is 18.4. The number of aromatic nitrogens is 4. The van der Waals surface area contributed by atoms with E-state index in [9.17, 15) is 4.79 Å². The molecule has 0 aliphatic carbocycles. The number of carbonyl (C=O) groups excluding carboxylic acids is 1. The van der Waals surface area contributed by atoms with E-state index in [0.29, 0.717) is 45.1 Å². The van der Waals surface area contributed by atoms with E-state index in [2.05, 4.69) is 37.1 Å². The highest BCUT2D eigenvalue weighted by atomic mass is 35.5. The summed E-state index contributed by atoms with van der Waals surface area (Å²) >= 11 is 6.15. The van der Waals surface area contributed by atoms with Crippen molar-refractivity contribution >= 4 is 45.7 Å². The first kappa shape index (κ1) is 25.4. The van der Waals surface area contributed by atoms with Gasteiger partial charge < -0.3 is 25.0 Å². The van der Waals surface area contributed by atoms with Gasteiger partial charge in [0.2, 0.25) is 11.9 Å². The molecule has 1 saturated heterocycles. The zero-order valence-corrected chi connectivity index (χ0v) is 21.7. The summed E-state index contributed by atoms with van der Waals surface area (Å²) in [4.78, 5) is 32.2. The summed E-state index contributed by atoms with van der Waals surface area (Å²) in [6.07, 6.45) is 8.72. The first-order valence-electron chi connectivity index (χ1n) is 11.9. The topological polar surface area (TPSA) is 114 Å². The molecule has 1 fully saturated rings. The number of likely N-dealkylation sites (N-methyl/N-ethyl adjacent to an activating group) is 1. The number of carbonyl (C=O) groups is 1. The Labute approximate surface area is 224 Å². The number of hydrogen-bond donors (Lipinski definition) is 2. The summed E-state index contributed by atoms with van der Waals surface area (Å²) in [6, 6.07) is 7.08. The van der Waals surface area contributed by atoms with Gasteiger partial charge in [-0.05, 0) is 37.7 Å². The maximum absolute atomic E-state index is 12.2. The lowest BCUT2D eigenvalue weighted by molar-refractivity contribution is -0.111. The standard InChI is InChI=1S/C27H26ClN7O3/c1-4-24(36)32-21-10-20(22(37-3)11-23(21)38-19-6-8-35(2)15-19)33-27-31-13-16-5-7-30-25(26(16)34-27)17-9-18(28)14-29-12-17/h4-5,7,9-14,19H,1,6,8,15H2,2-3H3,(H,32,36)(H,31,33,34). The number of anilines is 3. The Kier molecular flexibility index (Phi) is 7.34. The highest BCUT2D eigenvalue weighted by Crippen LogP contribution is 2.39. The van der Waals surface area contributed by atoms with Gasteiger partial charge >= 0.3 is 0 Å². The third-order valence-electron chi connectivity index (χ3n) is 6.11. The van der Waals surface area contributed by atoms with Crippen molar-refractivity contribution in [2.24, 2.45) is 0 Å². The van der Waals surface area contributed by atoms with Crippen LogP contribution in [0.5, 0.6) is 11.5 Å². The average molecular weight is 532 g/mol. The number of nitrogens with one attached hydrogen (secondary N) is 2. The minimum atomic E-state index is -0.359. The number of methoxy groups -OCH3 is 1. The van der Waals surface area contributed by atoms with Crippen LogP contribution in [-0.2, 0) is 4.79 Å². The van der Waals surface area contributed by atoms with Crippen LogP contribution in [0.25, 0.3) is 22.2 Å². The third kappa shape index (κ3) is 5.51. The molecule has 4 heterocycles. The lowest BCUT2D eigenvalue weighted by atomic mass is 10.1. The molecule has 11 heteroatoms. The van der Waals surface area contributed by atoms with Crippen molar-refractivity contribution in [2.45, 2.75) is 12.5 Å². The maximum atomic E-state index is 12.2. The van der Waals surface area contributed by atoms with Crippen LogP contribution >= 0.6 is 11.6 Å². The summed E-state index contributed by atoms with van der Waals surface area (Å²) in [5, 5.41) is 7.34. The van der Waals surface area contributed by atoms with Gasteiger partial charge in [0, 0.05) is 54.9 Å². The second kappa shape index (κ2) is 11.0. The van der Waals surface area contributed by atoms with Gasteiger partial charge in [-0.1, -0.05) is 18.2 Å². The number of fused-ring (bicyclic) bond motifs is 1. The zero-order chi connectivity index (χ0) is 26.6. The first-order valence-corrected chi connectivity index (χ1v) is 12.3. The molecule has 0 bridgehead atoms. The molecule has 0 saturated carbocycles. The largest absolute Gasteiger partial charge is 0.494 e. The normalized spacial score (nSPS) is 15.3. The number of nitrogens with zero attached hydrogens (tertiary/aromatic N) is 5. The van der Waals surface area contributed by atoms with Crippen LogP contribution in [0.2, 0.25) is 5.02 Å². The minimum absolute atomic E-state index is 0.00128. The SMILES string of the molecule is C=CC(=O)Nc1cc(Nc2ncc3ccnc(-c4cncc(Cl)c4)c3n2)c(OC)cc1OC1CCN(C)C1. The number of amides is 1. The number of ether oxygens (including phenoxy) is 2. The van der Waals surface area contributed by atoms with Gasteiger partial charge in [-0.2, -0.15) is 0 Å². The number of pyridine rings is 2. The molecule has 1 aliphatic heterocycles. The quantitative estimate of drug-likeness (QED) is 0.312. The molecule has 5 rings (SSSR count). The molecule has 0 radical (unpaired) electrons. The zero-order valence-electron chi connectivity index (χ0n) is 20.9. The molecule has 38 heavy (non-hydrogen) atoms. The Morgan fingerprint density at radius 3 is 2.79 bits per heavy atom. The minimum Gasteiger partial charge on any atom is -0.494 e. The van der Waals surface area contributed by atoms with Gasteiger partial charge in [-0.3, -0.25) is 14.8 Å².